The smallest absolute Gasteiger partial charge is 0.243 e. The van der Waals surface area contributed by atoms with E-state index in [0.29, 0.717) is 18.7 Å². The molecule has 1 aromatic carbocycles. The second kappa shape index (κ2) is 7.67. The van der Waals surface area contributed by atoms with Crippen molar-refractivity contribution in [3.8, 4) is 0 Å². The molecule has 0 radical (unpaired) electrons. The summed E-state index contributed by atoms with van der Waals surface area (Å²) < 4.78 is 53.2. The van der Waals surface area contributed by atoms with Crippen molar-refractivity contribution in [1.82, 2.24) is 14.3 Å². The van der Waals surface area contributed by atoms with E-state index >= 15 is 0 Å². The van der Waals surface area contributed by atoms with Gasteiger partial charge in [-0.3, -0.25) is 0 Å². The zero-order valence-electron chi connectivity index (χ0n) is 14.1. The van der Waals surface area contributed by atoms with Gasteiger partial charge in [0, 0.05) is 25.2 Å². The summed E-state index contributed by atoms with van der Waals surface area (Å²) in [4.78, 5) is 0.201. The minimum Gasteiger partial charge on any atom is -0.311 e. The van der Waals surface area contributed by atoms with Gasteiger partial charge in [0.15, 0.2) is 0 Å². The lowest BCUT2D eigenvalue weighted by Gasteiger charge is -2.36. The molecule has 1 aromatic rings. The third-order valence-corrected chi connectivity index (χ3v) is 7.57. The summed E-state index contributed by atoms with van der Waals surface area (Å²) in [6, 6.07) is 4.03. The van der Waals surface area contributed by atoms with Gasteiger partial charge in [-0.1, -0.05) is 0 Å². The van der Waals surface area contributed by atoms with E-state index in [1.165, 1.54) is 29.6 Å². The highest BCUT2D eigenvalue weighted by Gasteiger charge is 2.33. The SMILES string of the molecule is CNS(=O)(=O)c1ccc(S(=O)(=O)N2CC(C)NCC2C)cc1C.Cl. The Morgan fingerprint density at radius 1 is 1.21 bits per heavy atom. The Hall–Kier alpha value is -0.710. The summed E-state index contributed by atoms with van der Waals surface area (Å²) in [6.45, 7) is 6.35. The highest BCUT2D eigenvalue weighted by atomic mass is 35.5. The summed E-state index contributed by atoms with van der Waals surface area (Å²) in [5, 5.41) is 3.24. The van der Waals surface area contributed by atoms with Gasteiger partial charge in [0.25, 0.3) is 0 Å². The van der Waals surface area contributed by atoms with Gasteiger partial charge in [-0.15, -0.1) is 12.4 Å². The van der Waals surface area contributed by atoms with Crippen LogP contribution in [0.3, 0.4) is 0 Å². The van der Waals surface area contributed by atoms with Crippen LogP contribution < -0.4 is 10.0 Å². The maximum absolute atomic E-state index is 12.9. The number of rotatable bonds is 4. The average molecular weight is 398 g/mol. The molecule has 0 saturated carbocycles. The van der Waals surface area contributed by atoms with Crippen LogP contribution in [0, 0.1) is 6.92 Å². The Bertz CT molecular complexity index is 796. The highest BCUT2D eigenvalue weighted by molar-refractivity contribution is 7.89. The fourth-order valence-electron chi connectivity index (χ4n) is 2.65. The van der Waals surface area contributed by atoms with Gasteiger partial charge in [-0.05, 0) is 51.6 Å². The predicted molar refractivity (Wildman–Crippen MR) is 95.5 cm³/mol. The Morgan fingerprint density at radius 3 is 2.38 bits per heavy atom. The number of halogens is 1. The van der Waals surface area contributed by atoms with Gasteiger partial charge in [-0.25, -0.2) is 21.6 Å². The quantitative estimate of drug-likeness (QED) is 0.779. The molecule has 138 valence electrons. The van der Waals surface area contributed by atoms with E-state index in [9.17, 15) is 16.8 Å². The Kier molecular flexibility index (Phi) is 6.82. The maximum Gasteiger partial charge on any atom is 0.243 e. The van der Waals surface area contributed by atoms with E-state index in [1.807, 2.05) is 13.8 Å². The van der Waals surface area contributed by atoms with Crippen molar-refractivity contribution in [1.29, 1.82) is 0 Å². The average Bonchev–Trinajstić information content (AvgIpc) is 2.49. The van der Waals surface area contributed by atoms with Crippen LogP contribution in [0.4, 0.5) is 0 Å². The van der Waals surface area contributed by atoms with Crippen LogP contribution in [0.1, 0.15) is 19.4 Å². The molecule has 0 amide bonds. The van der Waals surface area contributed by atoms with Crippen molar-refractivity contribution < 1.29 is 16.8 Å². The van der Waals surface area contributed by atoms with Crippen LogP contribution in [0.2, 0.25) is 0 Å². The molecule has 24 heavy (non-hydrogen) atoms. The third-order valence-electron chi connectivity index (χ3n) is 4.02. The van der Waals surface area contributed by atoms with Gasteiger partial charge in [0.05, 0.1) is 9.79 Å². The van der Waals surface area contributed by atoms with Crippen LogP contribution in [-0.2, 0) is 20.0 Å². The molecular formula is C14H24ClN3O4S2. The number of aryl methyl sites for hydroxylation is 1. The van der Waals surface area contributed by atoms with Crippen LogP contribution in [0.5, 0.6) is 0 Å². The number of hydrogen-bond acceptors (Lipinski definition) is 5. The second-order valence-corrected chi connectivity index (χ2v) is 9.61. The summed E-state index contributed by atoms with van der Waals surface area (Å²) in [7, 11) is -5.94. The third kappa shape index (κ3) is 4.09. The van der Waals surface area contributed by atoms with Gasteiger partial charge in [0.2, 0.25) is 20.0 Å². The monoisotopic (exact) mass is 397 g/mol. The lowest BCUT2D eigenvalue weighted by molar-refractivity contribution is 0.244. The van der Waals surface area contributed by atoms with E-state index in [4.69, 9.17) is 0 Å². The van der Waals surface area contributed by atoms with Gasteiger partial charge >= 0.3 is 0 Å². The minimum atomic E-state index is -3.66. The summed E-state index contributed by atoms with van der Waals surface area (Å²) in [6.07, 6.45) is 0. The van der Waals surface area contributed by atoms with Crippen LogP contribution in [0.15, 0.2) is 28.0 Å². The molecule has 1 aliphatic heterocycles. The zero-order chi connectivity index (χ0) is 17.4. The van der Waals surface area contributed by atoms with Crippen molar-refractivity contribution in [2.24, 2.45) is 0 Å². The van der Waals surface area contributed by atoms with Crippen molar-refractivity contribution in [3.63, 3.8) is 0 Å². The predicted octanol–water partition coefficient (Wildman–Crippen LogP) is 0.696. The Labute approximate surface area is 150 Å². The first-order valence-electron chi connectivity index (χ1n) is 7.39. The lowest BCUT2D eigenvalue weighted by Crippen LogP contribution is -2.56. The molecule has 1 aliphatic rings. The molecule has 2 N–H and O–H groups in total. The molecule has 1 heterocycles. The number of piperazine rings is 1. The van der Waals surface area contributed by atoms with Gasteiger partial charge in [0.1, 0.15) is 0 Å². The van der Waals surface area contributed by atoms with Crippen LogP contribution >= 0.6 is 12.4 Å². The molecule has 2 rings (SSSR count). The van der Waals surface area contributed by atoms with E-state index in [-0.39, 0.29) is 34.3 Å². The minimum absolute atomic E-state index is 0. The summed E-state index contributed by atoms with van der Waals surface area (Å²) >= 11 is 0. The summed E-state index contributed by atoms with van der Waals surface area (Å²) in [5.41, 5.74) is 0.399. The topological polar surface area (TPSA) is 95.6 Å². The van der Waals surface area contributed by atoms with E-state index in [2.05, 4.69) is 10.0 Å². The molecule has 0 aliphatic carbocycles. The standard InChI is InChI=1S/C14H23N3O4S2.ClH/c1-10-7-13(5-6-14(10)22(18,19)15-4)23(20,21)17-9-11(2)16-8-12(17)3;/h5-7,11-12,15-16H,8-9H2,1-4H3;1H. The molecule has 7 nitrogen and oxygen atoms in total. The molecule has 1 fully saturated rings. The molecule has 2 atom stereocenters. The fraction of sp³-hybridized carbons (Fsp3) is 0.571. The van der Waals surface area contributed by atoms with E-state index < -0.39 is 20.0 Å². The number of hydrogen-bond donors (Lipinski definition) is 2. The Balaban J connectivity index is 0.00000288. The number of nitrogens with one attached hydrogen (secondary N) is 2. The van der Waals surface area contributed by atoms with E-state index in [0.717, 1.165) is 0 Å². The maximum atomic E-state index is 12.9. The van der Waals surface area contributed by atoms with Crippen LogP contribution in [-0.4, -0.2) is 53.4 Å². The molecule has 0 bridgehead atoms. The van der Waals surface area contributed by atoms with Crippen molar-refractivity contribution in [3.05, 3.63) is 23.8 Å². The largest absolute Gasteiger partial charge is 0.311 e. The normalized spacial score (nSPS) is 22.8. The van der Waals surface area contributed by atoms with Crippen molar-refractivity contribution in [2.75, 3.05) is 20.1 Å². The van der Waals surface area contributed by atoms with Crippen LogP contribution in [0.25, 0.3) is 0 Å². The second-order valence-electron chi connectivity index (χ2n) is 5.87. The van der Waals surface area contributed by atoms with Crippen molar-refractivity contribution in [2.45, 2.75) is 42.6 Å². The first kappa shape index (κ1) is 21.3. The zero-order valence-corrected chi connectivity index (χ0v) is 16.6. The van der Waals surface area contributed by atoms with Gasteiger partial charge in [-0.2, -0.15) is 4.31 Å². The fourth-order valence-corrected chi connectivity index (χ4v) is 5.41. The molecule has 0 aromatic heterocycles. The van der Waals surface area contributed by atoms with Gasteiger partial charge < -0.3 is 5.32 Å². The lowest BCUT2D eigenvalue weighted by atomic mass is 10.2. The van der Waals surface area contributed by atoms with E-state index in [1.54, 1.807) is 6.92 Å². The Morgan fingerprint density at radius 2 is 1.83 bits per heavy atom. The van der Waals surface area contributed by atoms with Crippen molar-refractivity contribution >= 4 is 32.5 Å². The molecule has 10 heteroatoms. The molecular weight excluding hydrogens is 374 g/mol. The first-order chi connectivity index (χ1) is 10.6. The number of benzene rings is 1. The number of sulfonamides is 2. The first-order valence-corrected chi connectivity index (χ1v) is 10.3. The molecule has 0 spiro atoms. The molecule has 1 saturated heterocycles. The highest BCUT2D eigenvalue weighted by Crippen LogP contribution is 2.24. The molecule has 2 unspecified atom stereocenters. The number of nitrogens with zero attached hydrogens (tertiary/aromatic N) is 1. The summed E-state index contributed by atoms with van der Waals surface area (Å²) in [5.74, 6) is 0.